The van der Waals surface area contributed by atoms with Crippen molar-refractivity contribution in [2.24, 2.45) is 5.41 Å². The van der Waals surface area contributed by atoms with Gasteiger partial charge in [-0.25, -0.2) is 0 Å². The Bertz CT molecular complexity index is 238. The standard InChI is InChI=1S/C14H27NO2/c1-14(2)9-4-6-12(8-10-14)15-11-5-7-13(16)17-3/h12,15H,4-11H2,1-3H3. The Balaban J connectivity index is 2.13. The van der Waals surface area contributed by atoms with Gasteiger partial charge in [0.2, 0.25) is 0 Å². The van der Waals surface area contributed by atoms with Crippen molar-refractivity contribution >= 4 is 5.97 Å². The van der Waals surface area contributed by atoms with Crippen LogP contribution in [0.2, 0.25) is 0 Å². The van der Waals surface area contributed by atoms with Crippen LogP contribution in [0.4, 0.5) is 0 Å². The third-order valence-electron chi connectivity index (χ3n) is 3.79. The summed E-state index contributed by atoms with van der Waals surface area (Å²) in [5, 5.41) is 3.57. The minimum Gasteiger partial charge on any atom is -0.469 e. The molecule has 0 heterocycles. The zero-order valence-electron chi connectivity index (χ0n) is 11.6. The molecule has 1 N–H and O–H groups in total. The second kappa shape index (κ2) is 7.00. The lowest BCUT2D eigenvalue weighted by atomic mass is 9.85. The average Bonchev–Trinajstić information content (AvgIpc) is 2.46. The third kappa shape index (κ3) is 6.06. The molecule has 0 spiro atoms. The van der Waals surface area contributed by atoms with Crippen LogP contribution in [0.1, 0.15) is 58.8 Å². The molecule has 100 valence electrons. The first-order chi connectivity index (χ1) is 8.03. The molecule has 0 aliphatic heterocycles. The number of rotatable bonds is 5. The molecule has 0 aromatic carbocycles. The molecule has 0 bridgehead atoms. The third-order valence-corrected chi connectivity index (χ3v) is 3.79. The van der Waals surface area contributed by atoms with E-state index >= 15 is 0 Å². The van der Waals surface area contributed by atoms with Crippen molar-refractivity contribution in [3.63, 3.8) is 0 Å². The van der Waals surface area contributed by atoms with Gasteiger partial charge in [0.05, 0.1) is 7.11 Å². The van der Waals surface area contributed by atoms with Crippen molar-refractivity contribution in [3.05, 3.63) is 0 Å². The molecular weight excluding hydrogens is 214 g/mol. The highest BCUT2D eigenvalue weighted by Crippen LogP contribution is 2.33. The number of ether oxygens (including phenoxy) is 1. The summed E-state index contributed by atoms with van der Waals surface area (Å²) in [5.74, 6) is -0.103. The molecule has 17 heavy (non-hydrogen) atoms. The van der Waals surface area contributed by atoms with Crippen molar-refractivity contribution in [1.29, 1.82) is 0 Å². The number of methoxy groups -OCH3 is 1. The van der Waals surface area contributed by atoms with Crippen LogP contribution in [0.15, 0.2) is 0 Å². The quantitative estimate of drug-likeness (QED) is 0.457. The van der Waals surface area contributed by atoms with E-state index in [1.54, 1.807) is 0 Å². The van der Waals surface area contributed by atoms with Gasteiger partial charge in [-0.2, -0.15) is 0 Å². The molecule has 1 aliphatic rings. The molecule has 3 heteroatoms. The summed E-state index contributed by atoms with van der Waals surface area (Å²) in [6.45, 7) is 5.67. The maximum atomic E-state index is 11.0. The lowest BCUT2D eigenvalue weighted by Crippen LogP contribution is -2.30. The lowest BCUT2D eigenvalue weighted by Gasteiger charge is -2.22. The summed E-state index contributed by atoms with van der Waals surface area (Å²) in [5.41, 5.74) is 0.516. The van der Waals surface area contributed by atoms with Crippen LogP contribution in [0.25, 0.3) is 0 Å². The van der Waals surface area contributed by atoms with Crippen LogP contribution in [0.5, 0.6) is 0 Å². The van der Waals surface area contributed by atoms with E-state index in [9.17, 15) is 4.79 Å². The van der Waals surface area contributed by atoms with Gasteiger partial charge in [0.1, 0.15) is 0 Å². The summed E-state index contributed by atoms with van der Waals surface area (Å²) in [7, 11) is 1.45. The molecule has 0 amide bonds. The van der Waals surface area contributed by atoms with Gasteiger partial charge in [0.25, 0.3) is 0 Å². The molecule has 1 unspecified atom stereocenters. The smallest absolute Gasteiger partial charge is 0.305 e. The van der Waals surface area contributed by atoms with Crippen LogP contribution in [0.3, 0.4) is 0 Å². The molecule has 1 saturated carbocycles. The highest BCUT2D eigenvalue weighted by atomic mass is 16.5. The Labute approximate surface area is 105 Å². The van der Waals surface area contributed by atoms with Gasteiger partial charge in [0, 0.05) is 12.5 Å². The number of esters is 1. The van der Waals surface area contributed by atoms with Crippen LogP contribution < -0.4 is 5.32 Å². The number of carbonyl (C=O) groups is 1. The van der Waals surface area contributed by atoms with Crippen LogP contribution in [-0.2, 0) is 9.53 Å². The van der Waals surface area contributed by atoms with Crippen molar-refractivity contribution in [2.75, 3.05) is 13.7 Å². The molecule has 1 atom stereocenters. The highest BCUT2D eigenvalue weighted by Gasteiger charge is 2.23. The highest BCUT2D eigenvalue weighted by molar-refractivity contribution is 5.69. The average molecular weight is 241 g/mol. The van der Waals surface area contributed by atoms with Gasteiger partial charge in [-0.1, -0.05) is 20.3 Å². The molecule has 0 saturated heterocycles. The Morgan fingerprint density at radius 3 is 2.82 bits per heavy atom. The number of hydrogen-bond donors (Lipinski definition) is 1. The fourth-order valence-electron chi connectivity index (χ4n) is 2.51. The maximum Gasteiger partial charge on any atom is 0.305 e. The summed E-state index contributed by atoms with van der Waals surface area (Å²) < 4.78 is 4.62. The number of nitrogens with one attached hydrogen (secondary N) is 1. The van der Waals surface area contributed by atoms with Crippen LogP contribution >= 0.6 is 0 Å². The van der Waals surface area contributed by atoms with Crippen molar-refractivity contribution < 1.29 is 9.53 Å². The van der Waals surface area contributed by atoms with Crippen LogP contribution in [-0.4, -0.2) is 25.7 Å². The fraction of sp³-hybridized carbons (Fsp3) is 0.929. The predicted molar refractivity (Wildman–Crippen MR) is 69.9 cm³/mol. The van der Waals surface area contributed by atoms with Gasteiger partial charge in [0.15, 0.2) is 0 Å². The zero-order chi connectivity index (χ0) is 12.7. The van der Waals surface area contributed by atoms with E-state index in [2.05, 4.69) is 23.9 Å². The molecule has 1 aliphatic carbocycles. The van der Waals surface area contributed by atoms with E-state index < -0.39 is 0 Å². The Morgan fingerprint density at radius 1 is 1.35 bits per heavy atom. The molecule has 1 fully saturated rings. The fourth-order valence-corrected chi connectivity index (χ4v) is 2.51. The first-order valence-electron chi connectivity index (χ1n) is 6.84. The number of carbonyl (C=O) groups excluding carboxylic acids is 1. The topological polar surface area (TPSA) is 38.3 Å². The maximum absolute atomic E-state index is 11.0. The van der Waals surface area contributed by atoms with Gasteiger partial charge >= 0.3 is 5.97 Å². The summed E-state index contributed by atoms with van der Waals surface area (Å²) in [6.07, 6.45) is 7.93. The van der Waals surface area contributed by atoms with Gasteiger partial charge < -0.3 is 10.1 Å². The second-order valence-electron chi connectivity index (χ2n) is 5.93. The van der Waals surface area contributed by atoms with E-state index in [0.29, 0.717) is 17.9 Å². The predicted octanol–water partition coefficient (Wildman–Crippen LogP) is 2.89. The number of hydrogen-bond acceptors (Lipinski definition) is 3. The van der Waals surface area contributed by atoms with Gasteiger partial charge in [-0.05, 0) is 44.1 Å². The van der Waals surface area contributed by atoms with E-state index in [4.69, 9.17) is 0 Å². The Kier molecular flexibility index (Phi) is 5.96. The van der Waals surface area contributed by atoms with Crippen LogP contribution in [0, 0.1) is 5.41 Å². The normalized spacial score (nSPS) is 24.1. The van der Waals surface area contributed by atoms with Crippen molar-refractivity contribution in [2.45, 2.75) is 64.8 Å². The monoisotopic (exact) mass is 241 g/mol. The van der Waals surface area contributed by atoms with Crippen molar-refractivity contribution in [3.8, 4) is 0 Å². The van der Waals surface area contributed by atoms with E-state index in [-0.39, 0.29) is 5.97 Å². The molecule has 0 radical (unpaired) electrons. The molecule has 3 nitrogen and oxygen atoms in total. The minimum atomic E-state index is -0.103. The van der Waals surface area contributed by atoms with E-state index in [1.165, 1.54) is 39.2 Å². The molecule has 0 aromatic rings. The molecule has 1 rings (SSSR count). The largest absolute Gasteiger partial charge is 0.469 e. The van der Waals surface area contributed by atoms with Gasteiger partial charge in [-0.15, -0.1) is 0 Å². The second-order valence-corrected chi connectivity index (χ2v) is 5.93. The minimum absolute atomic E-state index is 0.103. The van der Waals surface area contributed by atoms with E-state index in [1.807, 2.05) is 0 Å². The summed E-state index contributed by atoms with van der Waals surface area (Å²) >= 11 is 0. The molecule has 0 aromatic heterocycles. The van der Waals surface area contributed by atoms with E-state index in [0.717, 1.165) is 13.0 Å². The summed E-state index contributed by atoms with van der Waals surface area (Å²) in [6, 6.07) is 0.648. The van der Waals surface area contributed by atoms with Gasteiger partial charge in [-0.3, -0.25) is 4.79 Å². The van der Waals surface area contributed by atoms with Crippen molar-refractivity contribution in [1.82, 2.24) is 5.32 Å². The first kappa shape index (κ1) is 14.5. The lowest BCUT2D eigenvalue weighted by molar-refractivity contribution is -0.140. The first-order valence-corrected chi connectivity index (χ1v) is 6.84. The Hall–Kier alpha value is -0.570. The molecular formula is C14H27NO2. The Morgan fingerprint density at radius 2 is 2.12 bits per heavy atom. The SMILES string of the molecule is COC(=O)CCCNC1CCCC(C)(C)CC1. The zero-order valence-corrected chi connectivity index (χ0v) is 11.6. The summed E-state index contributed by atoms with van der Waals surface area (Å²) in [4.78, 5) is 11.0.